The van der Waals surface area contributed by atoms with E-state index in [1.54, 1.807) is 18.2 Å². The van der Waals surface area contributed by atoms with Crippen molar-refractivity contribution in [1.82, 2.24) is 5.32 Å². The molecule has 1 heterocycles. The number of benzene rings is 2. The molecule has 1 amide bonds. The molecule has 6 heteroatoms. The van der Waals surface area contributed by atoms with Crippen LogP contribution in [-0.4, -0.2) is 25.7 Å². The summed E-state index contributed by atoms with van der Waals surface area (Å²) in [5.74, 6) is 1.21. The average Bonchev–Trinajstić information content (AvgIpc) is 2.60. The van der Waals surface area contributed by atoms with Gasteiger partial charge >= 0.3 is 0 Å². The Morgan fingerprint density at radius 3 is 2.71 bits per heavy atom. The molecule has 5 nitrogen and oxygen atoms in total. The number of halogens is 1. The first-order valence-corrected chi connectivity index (χ1v) is 8.18. The summed E-state index contributed by atoms with van der Waals surface area (Å²) in [4.78, 5) is 12.1. The summed E-state index contributed by atoms with van der Waals surface area (Å²) in [6.07, 6.45) is 0. The van der Waals surface area contributed by atoms with Gasteiger partial charge in [-0.25, -0.2) is 0 Å². The smallest absolute Gasteiger partial charge is 0.238 e. The molecule has 0 radical (unpaired) electrons. The molecule has 0 spiro atoms. The number of nitrogens with one attached hydrogen (secondary N) is 2. The lowest BCUT2D eigenvalue weighted by Gasteiger charge is -2.19. The number of hydrogen-bond donors (Lipinski definition) is 2. The van der Waals surface area contributed by atoms with E-state index in [0.29, 0.717) is 35.4 Å². The zero-order chi connectivity index (χ0) is 16.9. The molecule has 0 aromatic heterocycles. The highest BCUT2D eigenvalue weighted by atomic mass is 35.5. The van der Waals surface area contributed by atoms with Crippen molar-refractivity contribution < 1.29 is 14.3 Å². The molecule has 126 valence electrons. The first-order valence-electron chi connectivity index (χ1n) is 7.81. The first-order chi connectivity index (χ1) is 11.6. The standard InChI is InChI=1S/C18H19ClN2O3/c1-12(14-4-2-3-5-15(14)19)20-11-18(22)21-13-6-7-16-17(10-13)24-9-8-23-16/h2-7,10,12,20H,8-9,11H2,1H3,(H,21,22)/t12-/m1/s1. The van der Waals surface area contributed by atoms with E-state index >= 15 is 0 Å². The van der Waals surface area contributed by atoms with E-state index in [9.17, 15) is 4.79 Å². The zero-order valence-electron chi connectivity index (χ0n) is 13.3. The van der Waals surface area contributed by atoms with Gasteiger partial charge in [0.1, 0.15) is 13.2 Å². The minimum atomic E-state index is -0.134. The van der Waals surface area contributed by atoms with Crippen molar-refractivity contribution in [3.05, 3.63) is 53.1 Å². The predicted octanol–water partition coefficient (Wildman–Crippen LogP) is 3.40. The van der Waals surface area contributed by atoms with Crippen molar-refractivity contribution >= 4 is 23.2 Å². The molecule has 0 saturated carbocycles. The van der Waals surface area contributed by atoms with Crippen LogP contribution in [0.4, 0.5) is 5.69 Å². The summed E-state index contributed by atoms with van der Waals surface area (Å²) >= 11 is 6.17. The van der Waals surface area contributed by atoms with Gasteiger partial charge in [-0.05, 0) is 30.7 Å². The fraction of sp³-hybridized carbons (Fsp3) is 0.278. The molecule has 1 aliphatic heterocycles. The Bertz CT molecular complexity index is 736. The summed E-state index contributed by atoms with van der Waals surface area (Å²) < 4.78 is 11.0. The minimum Gasteiger partial charge on any atom is -0.486 e. The Balaban J connectivity index is 1.55. The molecule has 3 rings (SSSR count). The van der Waals surface area contributed by atoms with E-state index in [2.05, 4.69) is 10.6 Å². The molecule has 0 aliphatic carbocycles. The number of fused-ring (bicyclic) bond motifs is 1. The summed E-state index contributed by atoms with van der Waals surface area (Å²) in [5, 5.41) is 6.70. The number of rotatable bonds is 5. The molecular formula is C18H19ClN2O3. The second kappa shape index (κ2) is 7.55. The minimum absolute atomic E-state index is 0.0234. The second-order valence-electron chi connectivity index (χ2n) is 5.53. The third-order valence-corrected chi connectivity index (χ3v) is 4.11. The van der Waals surface area contributed by atoms with Gasteiger partial charge in [-0.2, -0.15) is 0 Å². The van der Waals surface area contributed by atoms with Gasteiger partial charge in [-0.3, -0.25) is 4.79 Å². The summed E-state index contributed by atoms with van der Waals surface area (Å²) in [6.45, 7) is 3.21. The number of amides is 1. The summed E-state index contributed by atoms with van der Waals surface area (Å²) in [7, 11) is 0. The normalized spacial score (nSPS) is 14.1. The summed E-state index contributed by atoms with van der Waals surface area (Å²) in [6, 6.07) is 12.9. The highest BCUT2D eigenvalue weighted by Crippen LogP contribution is 2.32. The van der Waals surface area contributed by atoms with Crippen LogP contribution in [0, 0.1) is 0 Å². The summed E-state index contributed by atoms with van der Waals surface area (Å²) in [5.41, 5.74) is 1.64. The predicted molar refractivity (Wildman–Crippen MR) is 93.9 cm³/mol. The fourth-order valence-electron chi connectivity index (χ4n) is 2.51. The van der Waals surface area contributed by atoms with Crippen LogP contribution in [-0.2, 0) is 4.79 Å². The first kappa shape index (κ1) is 16.6. The van der Waals surface area contributed by atoms with Crippen LogP contribution in [0.25, 0.3) is 0 Å². The van der Waals surface area contributed by atoms with E-state index in [1.165, 1.54) is 0 Å². The molecule has 1 atom stereocenters. The quantitative estimate of drug-likeness (QED) is 0.871. The van der Waals surface area contributed by atoms with Crippen LogP contribution in [0.5, 0.6) is 11.5 Å². The second-order valence-corrected chi connectivity index (χ2v) is 5.94. The molecule has 0 fully saturated rings. The Morgan fingerprint density at radius 1 is 1.17 bits per heavy atom. The lowest BCUT2D eigenvalue weighted by atomic mass is 10.1. The maximum Gasteiger partial charge on any atom is 0.238 e. The van der Waals surface area contributed by atoms with Gasteiger partial charge in [0.2, 0.25) is 5.91 Å². The van der Waals surface area contributed by atoms with E-state index in [-0.39, 0.29) is 18.5 Å². The van der Waals surface area contributed by atoms with Gasteiger partial charge in [0.25, 0.3) is 0 Å². The van der Waals surface area contributed by atoms with Gasteiger partial charge in [-0.1, -0.05) is 29.8 Å². The maximum atomic E-state index is 12.1. The Hall–Kier alpha value is -2.24. The van der Waals surface area contributed by atoms with Crippen LogP contribution in [0.1, 0.15) is 18.5 Å². The number of carbonyl (C=O) groups is 1. The van der Waals surface area contributed by atoms with E-state index in [1.807, 2.05) is 31.2 Å². The number of hydrogen-bond acceptors (Lipinski definition) is 4. The molecule has 0 unspecified atom stereocenters. The average molecular weight is 347 g/mol. The van der Waals surface area contributed by atoms with Crippen LogP contribution in [0.15, 0.2) is 42.5 Å². The van der Waals surface area contributed by atoms with Crippen molar-refractivity contribution in [3.63, 3.8) is 0 Å². The van der Waals surface area contributed by atoms with Crippen LogP contribution < -0.4 is 20.1 Å². The van der Waals surface area contributed by atoms with Gasteiger partial charge in [0.15, 0.2) is 11.5 Å². The highest BCUT2D eigenvalue weighted by Gasteiger charge is 2.14. The molecule has 2 aromatic carbocycles. The van der Waals surface area contributed by atoms with E-state index < -0.39 is 0 Å². The van der Waals surface area contributed by atoms with Crippen molar-refractivity contribution in [2.45, 2.75) is 13.0 Å². The SMILES string of the molecule is C[C@@H](NCC(=O)Nc1ccc2c(c1)OCCO2)c1ccccc1Cl. The van der Waals surface area contributed by atoms with Crippen molar-refractivity contribution in [2.24, 2.45) is 0 Å². The highest BCUT2D eigenvalue weighted by molar-refractivity contribution is 6.31. The monoisotopic (exact) mass is 346 g/mol. The molecule has 0 bridgehead atoms. The van der Waals surface area contributed by atoms with Gasteiger partial charge in [-0.15, -0.1) is 0 Å². The van der Waals surface area contributed by atoms with E-state index in [0.717, 1.165) is 5.56 Å². The lowest BCUT2D eigenvalue weighted by Crippen LogP contribution is -2.30. The number of carbonyl (C=O) groups excluding carboxylic acids is 1. The Morgan fingerprint density at radius 2 is 1.92 bits per heavy atom. The molecule has 1 aliphatic rings. The third kappa shape index (κ3) is 3.99. The Kier molecular flexibility index (Phi) is 5.23. The van der Waals surface area contributed by atoms with Crippen molar-refractivity contribution in [2.75, 3.05) is 25.1 Å². The van der Waals surface area contributed by atoms with Crippen molar-refractivity contribution in [3.8, 4) is 11.5 Å². The van der Waals surface area contributed by atoms with Crippen molar-refractivity contribution in [1.29, 1.82) is 0 Å². The number of ether oxygens (including phenoxy) is 2. The molecular weight excluding hydrogens is 328 g/mol. The third-order valence-electron chi connectivity index (χ3n) is 3.77. The zero-order valence-corrected chi connectivity index (χ0v) is 14.1. The van der Waals surface area contributed by atoms with Gasteiger partial charge in [0, 0.05) is 22.8 Å². The largest absolute Gasteiger partial charge is 0.486 e. The maximum absolute atomic E-state index is 12.1. The molecule has 0 saturated heterocycles. The molecule has 2 N–H and O–H groups in total. The topological polar surface area (TPSA) is 59.6 Å². The lowest BCUT2D eigenvalue weighted by molar-refractivity contribution is -0.115. The van der Waals surface area contributed by atoms with Crippen LogP contribution in [0.3, 0.4) is 0 Å². The fourth-order valence-corrected chi connectivity index (χ4v) is 2.81. The van der Waals surface area contributed by atoms with Gasteiger partial charge < -0.3 is 20.1 Å². The Labute approximate surface area is 145 Å². The van der Waals surface area contributed by atoms with Crippen LogP contribution >= 0.6 is 11.6 Å². The number of anilines is 1. The molecule has 24 heavy (non-hydrogen) atoms. The van der Waals surface area contributed by atoms with Crippen LogP contribution in [0.2, 0.25) is 5.02 Å². The van der Waals surface area contributed by atoms with Gasteiger partial charge in [0.05, 0.1) is 6.54 Å². The van der Waals surface area contributed by atoms with E-state index in [4.69, 9.17) is 21.1 Å². The molecule has 2 aromatic rings.